The Balaban J connectivity index is 1.42. The quantitative estimate of drug-likeness (QED) is 0.663. The summed E-state index contributed by atoms with van der Waals surface area (Å²) in [5.74, 6) is 1.07. The van der Waals surface area contributed by atoms with Gasteiger partial charge in [0.05, 0.1) is 0 Å². The van der Waals surface area contributed by atoms with Crippen molar-refractivity contribution < 1.29 is 4.79 Å². The average molecular weight is 305 g/mol. The fraction of sp³-hybridized carbons (Fsp3) is 0.500. The number of fused-ring (bicyclic) bond motifs is 1. The normalized spacial score (nSPS) is 17.5. The Morgan fingerprint density at radius 1 is 1.52 bits per heavy atom. The highest BCUT2D eigenvalue weighted by Crippen LogP contribution is 2.19. The van der Waals surface area contributed by atoms with E-state index in [4.69, 9.17) is 0 Å². The molecule has 0 radical (unpaired) electrons. The first-order chi connectivity index (χ1) is 10.2. The molecule has 21 heavy (non-hydrogen) atoms. The molecular weight excluding hydrogens is 286 g/mol. The molecule has 1 aliphatic heterocycles. The number of nitrogens with zero attached hydrogens (tertiary/aromatic N) is 4. The second-order valence-corrected chi connectivity index (χ2v) is 6.26. The van der Waals surface area contributed by atoms with Crippen LogP contribution >= 0.6 is 11.8 Å². The Morgan fingerprint density at radius 2 is 2.43 bits per heavy atom. The van der Waals surface area contributed by atoms with Gasteiger partial charge in [-0.05, 0) is 12.5 Å². The number of carbonyl (C=O) groups is 1. The van der Waals surface area contributed by atoms with E-state index in [0.29, 0.717) is 6.54 Å². The molecule has 7 heteroatoms. The van der Waals surface area contributed by atoms with Crippen LogP contribution < -0.4 is 5.32 Å². The first-order valence-corrected chi connectivity index (χ1v) is 8.11. The van der Waals surface area contributed by atoms with Crippen molar-refractivity contribution in [2.75, 3.05) is 12.3 Å². The van der Waals surface area contributed by atoms with Crippen LogP contribution in [-0.2, 0) is 24.8 Å². The molecule has 0 saturated heterocycles. The van der Waals surface area contributed by atoms with E-state index in [2.05, 4.69) is 15.4 Å². The number of hydrogen-bond donors (Lipinski definition) is 1. The third-order valence-corrected chi connectivity index (χ3v) is 4.79. The predicted octanol–water partition coefficient (Wildman–Crippen LogP) is 1.09. The van der Waals surface area contributed by atoms with Gasteiger partial charge < -0.3 is 9.88 Å². The van der Waals surface area contributed by atoms with Crippen LogP contribution in [0.1, 0.15) is 12.1 Å². The molecule has 2 aromatic rings. The molecule has 1 atom stereocenters. The van der Waals surface area contributed by atoms with Crippen LogP contribution in [0.5, 0.6) is 0 Å². The standard InChI is InChI=1S/C14H19N5OS/c1-18-8-5-16-14(18)21-9-6-15-13(20)11-3-7-19-12(10-11)2-4-17-19/h2,4-5,8,11H,3,6-7,9-10H2,1H3,(H,15,20). The van der Waals surface area contributed by atoms with Crippen LogP contribution in [-0.4, -0.2) is 37.5 Å². The summed E-state index contributed by atoms with van der Waals surface area (Å²) in [7, 11) is 1.97. The highest BCUT2D eigenvalue weighted by atomic mass is 32.2. The molecule has 0 aromatic carbocycles. The lowest BCUT2D eigenvalue weighted by atomic mass is 9.95. The predicted molar refractivity (Wildman–Crippen MR) is 81.0 cm³/mol. The van der Waals surface area contributed by atoms with E-state index in [-0.39, 0.29) is 11.8 Å². The maximum Gasteiger partial charge on any atom is 0.223 e. The van der Waals surface area contributed by atoms with Gasteiger partial charge in [0.15, 0.2) is 5.16 Å². The van der Waals surface area contributed by atoms with Gasteiger partial charge in [-0.2, -0.15) is 5.10 Å². The van der Waals surface area contributed by atoms with Crippen molar-refractivity contribution in [2.24, 2.45) is 13.0 Å². The van der Waals surface area contributed by atoms with Gasteiger partial charge in [0.1, 0.15) is 0 Å². The van der Waals surface area contributed by atoms with Crippen molar-refractivity contribution in [1.82, 2.24) is 24.6 Å². The molecule has 2 aromatic heterocycles. The van der Waals surface area contributed by atoms with Crippen LogP contribution in [0.25, 0.3) is 0 Å². The largest absolute Gasteiger partial charge is 0.355 e. The lowest BCUT2D eigenvalue weighted by Crippen LogP contribution is -2.36. The SMILES string of the molecule is Cn1ccnc1SCCNC(=O)C1CCn2nccc2C1. The second-order valence-electron chi connectivity index (χ2n) is 5.20. The molecule has 1 amide bonds. The van der Waals surface area contributed by atoms with Crippen LogP contribution in [0, 0.1) is 5.92 Å². The van der Waals surface area contributed by atoms with Crippen molar-refractivity contribution in [1.29, 1.82) is 0 Å². The molecule has 0 spiro atoms. The topological polar surface area (TPSA) is 64.7 Å². The summed E-state index contributed by atoms with van der Waals surface area (Å²) in [6.07, 6.45) is 7.17. The molecule has 0 aliphatic carbocycles. The number of rotatable bonds is 5. The summed E-state index contributed by atoms with van der Waals surface area (Å²) in [4.78, 5) is 16.4. The summed E-state index contributed by atoms with van der Waals surface area (Å²) < 4.78 is 3.97. The number of hydrogen-bond acceptors (Lipinski definition) is 4. The molecule has 3 rings (SSSR count). The lowest BCUT2D eigenvalue weighted by molar-refractivity contribution is -0.125. The second kappa shape index (κ2) is 6.34. The number of aryl methyl sites for hydroxylation is 2. The third-order valence-electron chi connectivity index (χ3n) is 3.73. The average Bonchev–Trinajstić information content (AvgIpc) is 3.11. The van der Waals surface area contributed by atoms with E-state index in [0.717, 1.165) is 36.0 Å². The van der Waals surface area contributed by atoms with Gasteiger partial charge >= 0.3 is 0 Å². The van der Waals surface area contributed by atoms with Gasteiger partial charge in [-0.25, -0.2) is 4.98 Å². The summed E-state index contributed by atoms with van der Waals surface area (Å²) in [5, 5.41) is 8.24. The summed E-state index contributed by atoms with van der Waals surface area (Å²) in [6, 6.07) is 2.00. The van der Waals surface area contributed by atoms with Gasteiger partial charge in [-0.15, -0.1) is 0 Å². The third kappa shape index (κ3) is 3.29. The molecule has 1 aliphatic rings. The van der Waals surface area contributed by atoms with Gasteiger partial charge in [-0.3, -0.25) is 9.48 Å². The zero-order valence-corrected chi connectivity index (χ0v) is 12.8. The Labute approximate surface area is 127 Å². The monoisotopic (exact) mass is 305 g/mol. The minimum absolute atomic E-state index is 0.0763. The first-order valence-electron chi connectivity index (χ1n) is 7.12. The maximum absolute atomic E-state index is 12.2. The number of imidazole rings is 1. The van der Waals surface area contributed by atoms with E-state index in [1.54, 1.807) is 24.2 Å². The molecule has 0 fully saturated rings. The maximum atomic E-state index is 12.2. The van der Waals surface area contributed by atoms with Crippen molar-refractivity contribution in [2.45, 2.75) is 24.5 Å². The van der Waals surface area contributed by atoms with E-state index < -0.39 is 0 Å². The van der Waals surface area contributed by atoms with Gasteiger partial charge in [-0.1, -0.05) is 11.8 Å². The summed E-state index contributed by atoms with van der Waals surface area (Å²) >= 11 is 1.66. The number of nitrogens with one attached hydrogen (secondary N) is 1. The Morgan fingerprint density at radius 3 is 3.24 bits per heavy atom. The fourth-order valence-electron chi connectivity index (χ4n) is 2.54. The zero-order chi connectivity index (χ0) is 14.7. The number of amides is 1. The van der Waals surface area contributed by atoms with Gasteiger partial charge in [0, 0.05) is 62.5 Å². The molecule has 3 heterocycles. The highest BCUT2D eigenvalue weighted by Gasteiger charge is 2.24. The fourth-order valence-corrected chi connectivity index (χ4v) is 3.33. The Kier molecular flexibility index (Phi) is 4.28. The van der Waals surface area contributed by atoms with E-state index in [9.17, 15) is 4.79 Å². The molecule has 1 N–H and O–H groups in total. The number of carbonyl (C=O) groups excluding carboxylic acids is 1. The molecule has 112 valence electrons. The van der Waals surface area contributed by atoms with Crippen molar-refractivity contribution in [3.8, 4) is 0 Å². The van der Waals surface area contributed by atoms with Crippen LogP contribution in [0.3, 0.4) is 0 Å². The van der Waals surface area contributed by atoms with Gasteiger partial charge in [0.25, 0.3) is 0 Å². The van der Waals surface area contributed by atoms with Gasteiger partial charge in [0.2, 0.25) is 5.91 Å². The summed E-state index contributed by atoms with van der Waals surface area (Å²) in [6.45, 7) is 1.51. The van der Waals surface area contributed by atoms with Crippen molar-refractivity contribution in [3.05, 3.63) is 30.4 Å². The lowest BCUT2D eigenvalue weighted by Gasteiger charge is -2.22. The molecule has 6 nitrogen and oxygen atoms in total. The molecule has 0 bridgehead atoms. The van der Waals surface area contributed by atoms with Crippen molar-refractivity contribution >= 4 is 17.7 Å². The molecule has 1 unspecified atom stereocenters. The minimum Gasteiger partial charge on any atom is -0.355 e. The smallest absolute Gasteiger partial charge is 0.223 e. The summed E-state index contributed by atoms with van der Waals surface area (Å²) in [5.41, 5.74) is 1.16. The Bertz CT molecular complexity index is 620. The molecular formula is C14H19N5OS. The number of thioether (sulfide) groups is 1. The zero-order valence-electron chi connectivity index (χ0n) is 12.0. The van der Waals surface area contributed by atoms with E-state index in [1.807, 2.05) is 28.6 Å². The first kappa shape index (κ1) is 14.2. The van der Waals surface area contributed by atoms with Crippen LogP contribution in [0.15, 0.2) is 29.8 Å². The minimum atomic E-state index is 0.0763. The van der Waals surface area contributed by atoms with Crippen LogP contribution in [0.2, 0.25) is 0 Å². The number of aromatic nitrogens is 4. The van der Waals surface area contributed by atoms with E-state index in [1.165, 1.54) is 0 Å². The van der Waals surface area contributed by atoms with Crippen molar-refractivity contribution in [3.63, 3.8) is 0 Å². The van der Waals surface area contributed by atoms with Crippen LogP contribution in [0.4, 0.5) is 0 Å². The Hall–Kier alpha value is -1.76. The highest BCUT2D eigenvalue weighted by molar-refractivity contribution is 7.99. The molecule has 0 saturated carbocycles. The van der Waals surface area contributed by atoms with E-state index >= 15 is 0 Å².